The summed E-state index contributed by atoms with van der Waals surface area (Å²) in [5.41, 5.74) is 6.63. The molecular weight excluding hydrogens is 300 g/mol. The van der Waals surface area contributed by atoms with Gasteiger partial charge < -0.3 is 5.73 Å². The molecule has 20 heavy (non-hydrogen) atoms. The quantitative estimate of drug-likeness (QED) is 0.760. The maximum absolute atomic E-state index is 12.2. The number of hydrogen-bond acceptors (Lipinski definition) is 6. The molecular formula is C10H12N6O2S2. The molecule has 2 aromatic rings. The van der Waals surface area contributed by atoms with E-state index in [0.717, 1.165) is 4.80 Å². The highest BCUT2D eigenvalue weighted by Crippen LogP contribution is 2.18. The lowest BCUT2D eigenvalue weighted by atomic mass is 10.1. The van der Waals surface area contributed by atoms with Gasteiger partial charge in [-0.15, -0.1) is 5.10 Å². The van der Waals surface area contributed by atoms with Crippen LogP contribution in [0.25, 0.3) is 0 Å². The molecule has 0 aliphatic rings. The summed E-state index contributed by atoms with van der Waals surface area (Å²) in [5.74, 6) is -0.0923. The third-order valence-electron chi connectivity index (χ3n) is 2.48. The van der Waals surface area contributed by atoms with Crippen LogP contribution in [-0.4, -0.2) is 33.6 Å². The Hall–Kier alpha value is -2.07. The highest BCUT2D eigenvalue weighted by molar-refractivity contribution is 7.92. The third kappa shape index (κ3) is 2.91. The van der Waals surface area contributed by atoms with Crippen LogP contribution in [0.1, 0.15) is 11.1 Å². The first-order valence-electron chi connectivity index (χ1n) is 5.47. The number of thiocarbonyl (C=S) groups is 1. The highest BCUT2D eigenvalue weighted by atomic mass is 32.2. The topological polar surface area (TPSA) is 116 Å². The zero-order valence-electron chi connectivity index (χ0n) is 10.7. The number of nitrogens with two attached hydrogens (primary N) is 1. The summed E-state index contributed by atoms with van der Waals surface area (Å²) < 4.78 is 26.7. The van der Waals surface area contributed by atoms with Gasteiger partial charge in [0.15, 0.2) is 0 Å². The summed E-state index contributed by atoms with van der Waals surface area (Å²) in [5, 5.41) is 10.9. The van der Waals surface area contributed by atoms with E-state index in [0.29, 0.717) is 11.1 Å². The average molecular weight is 312 g/mol. The zero-order valence-corrected chi connectivity index (χ0v) is 12.4. The van der Waals surface area contributed by atoms with E-state index in [9.17, 15) is 8.42 Å². The number of nitrogens with zero attached hydrogens (tertiary/aromatic N) is 4. The minimum absolute atomic E-state index is 0.0923. The Labute approximate surface area is 121 Å². The van der Waals surface area contributed by atoms with E-state index < -0.39 is 10.0 Å². The standard InChI is InChI=1S/C10H12N6O2S2/c1-6-5-7(9(11)19)3-4-8(6)20(17,18)14-10-12-15-16(2)13-10/h3-5H,1-2H3,(H2,11,19)(H,13,14). The molecule has 0 bridgehead atoms. The van der Waals surface area contributed by atoms with Crippen LogP contribution in [0.3, 0.4) is 0 Å². The second-order valence-corrected chi connectivity index (χ2v) is 6.14. The molecule has 0 atom stereocenters. The fourth-order valence-electron chi connectivity index (χ4n) is 1.60. The third-order valence-corrected chi connectivity index (χ3v) is 4.21. The van der Waals surface area contributed by atoms with Crippen LogP contribution in [0, 0.1) is 6.92 Å². The van der Waals surface area contributed by atoms with E-state index in [4.69, 9.17) is 18.0 Å². The Morgan fingerprint density at radius 2 is 2.15 bits per heavy atom. The normalized spacial score (nSPS) is 11.3. The first kappa shape index (κ1) is 14.3. The van der Waals surface area contributed by atoms with E-state index in [1.54, 1.807) is 19.1 Å². The van der Waals surface area contributed by atoms with Crippen molar-refractivity contribution in [3.8, 4) is 0 Å². The van der Waals surface area contributed by atoms with Crippen molar-refractivity contribution in [3.63, 3.8) is 0 Å². The molecule has 10 heteroatoms. The van der Waals surface area contributed by atoms with Crippen LogP contribution in [0.2, 0.25) is 0 Å². The minimum atomic E-state index is -3.79. The number of tetrazole rings is 1. The van der Waals surface area contributed by atoms with Crippen LogP contribution in [0.4, 0.5) is 5.95 Å². The monoisotopic (exact) mass is 312 g/mol. The predicted octanol–water partition coefficient (Wildman–Crippen LogP) is -0.0465. The van der Waals surface area contributed by atoms with E-state index in [1.165, 1.54) is 13.1 Å². The van der Waals surface area contributed by atoms with Gasteiger partial charge in [-0.25, -0.2) is 13.1 Å². The van der Waals surface area contributed by atoms with E-state index >= 15 is 0 Å². The van der Waals surface area contributed by atoms with Crippen LogP contribution in [-0.2, 0) is 17.1 Å². The number of sulfonamides is 1. The van der Waals surface area contributed by atoms with Crippen molar-refractivity contribution in [2.45, 2.75) is 11.8 Å². The molecule has 3 N–H and O–H groups in total. The van der Waals surface area contributed by atoms with Crippen molar-refractivity contribution in [2.24, 2.45) is 12.8 Å². The molecule has 2 rings (SSSR count). The second kappa shape index (κ2) is 5.13. The van der Waals surface area contributed by atoms with E-state index in [1.807, 2.05) is 0 Å². The molecule has 0 aliphatic heterocycles. The van der Waals surface area contributed by atoms with Crippen LogP contribution in [0.5, 0.6) is 0 Å². The molecule has 8 nitrogen and oxygen atoms in total. The molecule has 0 amide bonds. The smallest absolute Gasteiger partial charge is 0.277 e. The maximum Gasteiger partial charge on any atom is 0.277 e. The Balaban J connectivity index is 2.37. The van der Waals surface area contributed by atoms with Crippen molar-refractivity contribution >= 4 is 33.2 Å². The molecule has 0 unspecified atom stereocenters. The van der Waals surface area contributed by atoms with Gasteiger partial charge in [0.25, 0.3) is 16.0 Å². The van der Waals surface area contributed by atoms with Gasteiger partial charge in [-0.1, -0.05) is 23.4 Å². The van der Waals surface area contributed by atoms with Crippen molar-refractivity contribution in [1.82, 2.24) is 20.2 Å². The van der Waals surface area contributed by atoms with E-state index in [2.05, 4.69) is 20.1 Å². The lowest BCUT2D eigenvalue weighted by molar-refractivity contribution is 0.600. The van der Waals surface area contributed by atoms with Gasteiger partial charge in [-0.3, -0.25) is 0 Å². The molecule has 1 aromatic carbocycles. The van der Waals surface area contributed by atoms with Gasteiger partial charge in [0.2, 0.25) is 0 Å². The Morgan fingerprint density at radius 1 is 1.45 bits per heavy atom. The second-order valence-electron chi connectivity index (χ2n) is 4.05. The summed E-state index contributed by atoms with van der Waals surface area (Å²) in [6, 6.07) is 4.59. The molecule has 1 aromatic heterocycles. The predicted molar refractivity (Wildman–Crippen MR) is 76.7 cm³/mol. The van der Waals surface area contributed by atoms with Gasteiger partial charge >= 0.3 is 0 Å². The van der Waals surface area contributed by atoms with Crippen molar-refractivity contribution in [2.75, 3.05) is 4.72 Å². The number of aryl methyl sites for hydroxylation is 2. The summed E-state index contributed by atoms with van der Waals surface area (Å²) in [4.78, 5) is 1.46. The molecule has 0 radical (unpaired) electrons. The average Bonchev–Trinajstić information content (AvgIpc) is 2.73. The number of hydrogen-bond donors (Lipinski definition) is 2. The SMILES string of the molecule is Cc1cc(C(N)=S)ccc1S(=O)(=O)Nc1nnn(C)n1. The number of nitrogens with one attached hydrogen (secondary N) is 1. The first-order valence-corrected chi connectivity index (χ1v) is 7.36. The molecule has 0 saturated heterocycles. The lowest BCUT2D eigenvalue weighted by Gasteiger charge is -2.09. The number of aromatic nitrogens is 4. The molecule has 0 aliphatic carbocycles. The van der Waals surface area contributed by atoms with E-state index in [-0.39, 0.29) is 15.8 Å². The molecule has 0 saturated carbocycles. The molecule has 0 fully saturated rings. The first-order chi connectivity index (χ1) is 9.29. The number of anilines is 1. The lowest BCUT2D eigenvalue weighted by Crippen LogP contribution is -2.16. The van der Waals surface area contributed by atoms with Gasteiger partial charge in [0, 0.05) is 5.56 Å². The van der Waals surface area contributed by atoms with Crippen LogP contribution >= 0.6 is 12.2 Å². The Morgan fingerprint density at radius 3 is 2.65 bits per heavy atom. The summed E-state index contributed by atoms with van der Waals surface area (Å²) in [6.07, 6.45) is 0. The summed E-state index contributed by atoms with van der Waals surface area (Å²) >= 11 is 4.85. The largest absolute Gasteiger partial charge is 0.389 e. The molecule has 1 heterocycles. The Bertz CT molecular complexity index is 768. The summed E-state index contributed by atoms with van der Waals surface area (Å²) in [6.45, 7) is 1.65. The van der Waals surface area contributed by atoms with Crippen molar-refractivity contribution in [3.05, 3.63) is 29.3 Å². The van der Waals surface area contributed by atoms with Gasteiger partial charge in [-0.2, -0.15) is 4.80 Å². The maximum atomic E-state index is 12.2. The fourth-order valence-corrected chi connectivity index (χ4v) is 2.89. The molecule has 106 valence electrons. The van der Waals surface area contributed by atoms with Crippen molar-refractivity contribution in [1.29, 1.82) is 0 Å². The number of rotatable bonds is 4. The minimum Gasteiger partial charge on any atom is -0.389 e. The van der Waals surface area contributed by atoms with Crippen LogP contribution < -0.4 is 10.5 Å². The molecule has 0 spiro atoms. The Kier molecular flexibility index (Phi) is 3.68. The van der Waals surface area contributed by atoms with Crippen molar-refractivity contribution < 1.29 is 8.42 Å². The summed E-state index contributed by atoms with van der Waals surface area (Å²) in [7, 11) is -2.25. The van der Waals surface area contributed by atoms with Gasteiger partial charge in [0.1, 0.15) is 4.99 Å². The van der Waals surface area contributed by atoms with Gasteiger partial charge in [-0.05, 0) is 29.8 Å². The highest BCUT2D eigenvalue weighted by Gasteiger charge is 2.19. The van der Waals surface area contributed by atoms with Gasteiger partial charge in [0.05, 0.1) is 11.9 Å². The number of benzene rings is 1. The zero-order chi connectivity index (χ0) is 14.9. The van der Waals surface area contributed by atoms with Crippen LogP contribution in [0.15, 0.2) is 23.1 Å². The fraction of sp³-hybridized carbons (Fsp3) is 0.200.